The summed E-state index contributed by atoms with van der Waals surface area (Å²) < 4.78 is 60.4. The van der Waals surface area contributed by atoms with Crippen molar-refractivity contribution in [2.24, 2.45) is 0 Å². The molecule has 7 nitrogen and oxygen atoms in total. The monoisotopic (exact) mass is 858 g/mol. The highest BCUT2D eigenvalue weighted by Gasteiger charge is 2.15. The molecular formula is C42H33Cl4F2O7P. The van der Waals surface area contributed by atoms with E-state index in [9.17, 15) is 23.6 Å². The molecule has 6 aromatic carbocycles. The number of benzene rings is 6. The van der Waals surface area contributed by atoms with Crippen LogP contribution in [0.3, 0.4) is 0 Å². The second-order valence-corrected chi connectivity index (χ2v) is 15.4. The Hall–Kier alpha value is -4.31. The Balaban J connectivity index is 0.966. The molecule has 6 aromatic rings. The van der Waals surface area contributed by atoms with Crippen LogP contribution in [0.15, 0.2) is 109 Å². The number of phenolic OH excluding ortho intramolecular Hbond substituents is 2. The van der Waals surface area contributed by atoms with Crippen LogP contribution in [0.1, 0.15) is 44.5 Å². The molecule has 0 radical (unpaired) electrons. The summed E-state index contributed by atoms with van der Waals surface area (Å²) in [5.74, 6) is 0.129. The Morgan fingerprint density at radius 2 is 0.821 bits per heavy atom. The Labute approximate surface area is 342 Å². The van der Waals surface area contributed by atoms with Crippen molar-refractivity contribution in [3.05, 3.63) is 185 Å². The van der Waals surface area contributed by atoms with Crippen LogP contribution in [0.5, 0.6) is 23.0 Å². The standard InChI is InChI=1S/C42H33Cl4F2O7P/c43-37-19-33(20-38(44)35(37)17-27-5-11-41(49)29(15-27)13-25-1-7-31(47)8-2-25)52-23-54-56(51)55-24-53-34-21-39(45)36(40(46)22-34)18-28-6-12-42(50)30(16-28)14-26-3-9-32(48)10-4-26/h1-12,15-16,19-22,49-50,56H,13-14,17-18,23-24H2. The molecule has 0 aromatic heterocycles. The summed E-state index contributed by atoms with van der Waals surface area (Å²) in [4.78, 5) is 0. The molecule has 0 spiro atoms. The van der Waals surface area contributed by atoms with Crippen LogP contribution < -0.4 is 9.47 Å². The SMILES string of the molecule is O=[PH](OCOc1cc(Cl)c(Cc2ccc(O)c(Cc3ccc(F)cc3)c2)c(Cl)c1)OCOc1cc(Cl)c(Cc2ccc(O)c(Cc3ccc(F)cc3)c2)c(Cl)c1. The molecular weight excluding hydrogens is 827 g/mol. The van der Waals surface area contributed by atoms with E-state index in [0.29, 0.717) is 68.0 Å². The third kappa shape index (κ3) is 11.4. The lowest BCUT2D eigenvalue weighted by Crippen LogP contribution is -2.03. The predicted molar refractivity (Wildman–Crippen MR) is 215 cm³/mol. The van der Waals surface area contributed by atoms with Gasteiger partial charge in [-0.15, -0.1) is 0 Å². The Bertz CT molecular complexity index is 2140. The third-order valence-corrected chi connectivity index (χ3v) is 10.8. The van der Waals surface area contributed by atoms with Crippen molar-refractivity contribution in [1.29, 1.82) is 0 Å². The van der Waals surface area contributed by atoms with Crippen molar-refractivity contribution < 1.29 is 42.1 Å². The molecule has 56 heavy (non-hydrogen) atoms. The largest absolute Gasteiger partial charge is 0.508 e. The highest BCUT2D eigenvalue weighted by Crippen LogP contribution is 2.36. The average molecular weight is 861 g/mol. The zero-order valence-corrected chi connectivity index (χ0v) is 33.4. The van der Waals surface area contributed by atoms with E-state index >= 15 is 0 Å². The van der Waals surface area contributed by atoms with E-state index < -0.39 is 21.8 Å². The van der Waals surface area contributed by atoms with E-state index in [-0.39, 0.29) is 34.6 Å². The van der Waals surface area contributed by atoms with Crippen LogP contribution in [-0.2, 0) is 39.3 Å². The molecule has 0 unspecified atom stereocenters. The van der Waals surface area contributed by atoms with Crippen molar-refractivity contribution in [2.75, 3.05) is 13.6 Å². The van der Waals surface area contributed by atoms with Crippen molar-refractivity contribution >= 4 is 54.7 Å². The first-order valence-corrected chi connectivity index (χ1v) is 19.7. The summed E-state index contributed by atoms with van der Waals surface area (Å²) in [7, 11) is -3.04. The minimum absolute atomic E-state index is 0.121. The number of aromatic hydroxyl groups is 2. The maximum absolute atomic E-state index is 13.3. The molecule has 290 valence electrons. The van der Waals surface area contributed by atoms with Crippen LogP contribution >= 0.6 is 54.7 Å². The van der Waals surface area contributed by atoms with Crippen LogP contribution in [0.2, 0.25) is 20.1 Å². The highest BCUT2D eigenvalue weighted by molar-refractivity contribution is 7.33. The molecule has 14 heteroatoms. The Morgan fingerprint density at radius 1 is 0.482 bits per heavy atom. The fraction of sp³-hybridized carbons (Fsp3) is 0.143. The fourth-order valence-electron chi connectivity index (χ4n) is 5.83. The van der Waals surface area contributed by atoms with Crippen LogP contribution in [-0.4, -0.2) is 23.8 Å². The van der Waals surface area contributed by atoms with Crippen molar-refractivity contribution in [1.82, 2.24) is 0 Å². The number of phenols is 2. The van der Waals surface area contributed by atoms with Gasteiger partial charge in [-0.3, -0.25) is 13.6 Å². The van der Waals surface area contributed by atoms with Crippen LogP contribution in [0.25, 0.3) is 0 Å². The number of ether oxygens (including phenoxy) is 2. The molecule has 0 fully saturated rings. The van der Waals surface area contributed by atoms with E-state index in [2.05, 4.69) is 0 Å². The molecule has 0 aliphatic heterocycles. The minimum atomic E-state index is -3.04. The summed E-state index contributed by atoms with van der Waals surface area (Å²) in [6.45, 7) is -0.854. The topological polar surface area (TPSA) is 94.5 Å². The number of rotatable bonds is 16. The van der Waals surface area contributed by atoms with Gasteiger partial charge in [-0.25, -0.2) is 8.78 Å². The van der Waals surface area contributed by atoms with Crippen molar-refractivity contribution in [3.63, 3.8) is 0 Å². The third-order valence-electron chi connectivity index (χ3n) is 8.70. The molecule has 0 atom stereocenters. The zero-order chi connectivity index (χ0) is 39.8. The molecule has 2 N–H and O–H groups in total. The van der Waals surface area contributed by atoms with E-state index in [1.165, 1.54) is 24.3 Å². The molecule has 0 saturated carbocycles. The van der Waals surface area contributed by atoms with Gasteiger partial charge in [0, 0.05) is 45.8 Å². The van der Waals surface area contributed by atoms with Gasteiger partial charge in [0.25, 0.3) is 0 Å². The summed E-state index contributed by atoms with van der Waals surface area (Å²) >= 11 is 26.2. The van der Waals surface area contributed by atoms with Crippen LogP contribution in [0.4, 0.5) is 8.78 Å². The molecule has 0 heterocycles. The first-order chi connectivity index (χ1) is 26.9. The lowest BCUT2D eigenvalue weighted by atomic mass is 9.98. The fourth-order valence-corrected chi connectivity index (χ4v) is 7.43. The predicted octanol–water partition coefficient (Wildman–Crippen LogP) is 12.1. The zero-order valence-electron chi connectivity index (χ0n) is 29.3. The van der Waals surface area contributed by atoms with Gasteiger partial charge < -0.3 is 19.7 Å². The normalized spacial score (nSPS) is 11.3. The molecule has 0 bridgehead atoms. The molecule has 0 amide bonds. The van der Waals surface area contributed by atoms with E-state index in [0.717, 1.165) is 22.3 Å². The number of hydrogen-bond acceptors (Lipinski definition) is 7. The van der Waals surface area contributed by atoms with Crippen molar-refractivity contribution in [2.45, 2.75) is 25.7 Å². The van der Waals surface area contributed by atoms with E-state index in [4.69, 9.17) is 64.9 Å². The quantitative estimate of drug-likeness (QED) is 0.0739. The lowest BCUT2D eigenvalue weighted by Gasteiger charge is -2.14. The highest BCUT2D eigenvalue weighted by atomic mass is 35.5. The molecule has 0 aliphatic rings. The Morgan fingerprint density at radius 3 is 1.18 bits per heavy atom. The molecule has 0 aliphatic carbocycles. The molecule has 6 rings (SSSR count). The summed E-state index contributed by atoms with van der Waals surface area (Å²) in [5, 5.41) is 22.1. The first-order valence-electron chi connectivity index (χ1n) is 17.0. The van der Waals surface area contributed by atoms with Gasteiger partial charge >= 0.3 is 8.25 Å². The second kappa shape index (κ2) is 19.2. The van der Waals surface area contributed by atoms with E-state index in [1.807, 2.05) is 12.1 Å². The number of hydrogen-bond donors (Lipinski definition) is 2. The average Bonchev–Trinajstić information content (AvgIpc) is 3.16. The minimum Gasteiger partial charge on any atom is -0.508 e. The van der Waals surface area contributed by atoms with E-state index in [1.54, 1.807) is 72.8 Å². The van der Waals surface area contributed by atoms with Gasteiger partial charge in [-0.2, -0.15) is 0 Å². The smallest absolute Gasteiger partial charge is 0.324 e. The summed E-state index contributed by atoms with van der Waals surface area (Å²) in [6, 6.07) is 28.8. The number of halogens is 6. The summed E-state index contributed by atoms with van der Waals surface area (Å²) in [5.41, 5.74) is 6.00. The molecule has 0 saturated heterocycles. The van der Waals surface area contributed by atoms with Gasteiger partial charge in [-0.1, -0.05) is 94.9 Å². The van der Waals surface area contributed by atoms with Gasteiger partial charge in [-0.05, 0) is 105 Å². The van der Waals surface area contributed by atoms with Gasteiger partial charge in [0.2, 0.25) is 0 Å². The maximum atomic E-state index is 13.3. The Kier molecular flexibility index (Phi) is 14.2. The second-order valence-electron chi connectivity index (χ2n) is 12.7. The maximum Gasteiger partial charge on any atom is 0.324 e. The van der Waals surface area contributed by atoms with Crippen LogP contribution in [0, 0.1) is 11.6 Å². The van der Waals surface area contributed by atoms with Crippen molar-refractivity contribution in [3.8, 4) is 23.0 Å². The van der Waals surface area contributed by atoms with Gasteiger partial charge in [0.05, 0.1) is 0 Å². The summed E-state index contributed by atoms with van der Waals surface area (Å²) in [6.07, 6.45) is 1.56. The van der Waals surface area contributed by atoms with Gasteiger partial charge in [0.15, 0.2) is 13.6 Å². The van der Waals surface area contributed by atoms with Gasteiger partial charge in [0.1, 0.15) is 34.6 Å². The first kappa shape index (κ1) is 41.3. The lowest BCUT2D eigenvalue weighted by molar-refractivity contribution is 0.0697.